The third kappa shape index (κ3) is 5.32. The second-order valence-electron chi connectivity index (χ2n) is 6.67. The Labute approximate surface area is 173 Å². The van der Waals surface area contributed by atoms with Crippen LogP contribution in [-0.4, -0.2) is 29.2 Å². The van der Waals surface area contributed by atoms with Crippen molar-refractivity contribution in [3.05, 3.63) is 58.9 Å². The Hall–Kier alpha value is -2.93. The molecule has 0 saturated heterocycles. The molecule has 0 aliphatic heterocycles. The fourth-order valence-corrected chi connectivity index (χ4v) is 3.91. The molecule has 29 heavy (non-hydrogen) atoms. The fourth-order valence-electron chi connectivity index (χ4n) is 2.86. The number of benzene rings is 2. The summed E-state index contributed by atoms with van der Waals surface area (Å²) in [5.74, 6) is 0.105. The van der Waals surface area contributed by atoms with Crippen LogP contribution in [0.25, 0.3) is 10.2 Å². The third-order valence-electron chi connectivity index (χ3n) is 4.10. The molecule has 0 unspecified atom stereocenters. The molecule has 0 saturated carbocycles. The van der Waals surface area contributed by atoms with Crippen LogP contribution in [0, 0.1) is 0 Å². The summed E-state index contributed by atoms with van der Waals surface area (Å²) < 4.78 is 13.5. The Bertz CT molecular complexity index is 1060. The fraction of sp³-hybridized carbons (Fsp3) is 0.318. The number of esters is 1. The summed E-state index contributed by atoms with van der Waals surface area (Å²) in [5, 5.41) is 0. The molecule has 6 nitrogen and oxygen atoms in total. The molecular formula is C22H24N2O4S. The Morgan fingerprint density at radius 1 is 1.10 bits per heavy atom. The van der Waals surface area contributed by atoms with Gasteiger partial charge < -0.3 is 14.0 Å². The molecule has 0 atom stereocenters. The van der Waals surface area contributed by atoms with Gasteiger partial charge in [0, 0.05) is 12.1 Å². The number of fused-ring (bicyclic) bond motifs is 1. The van der Waals surface area contributed by atoms with Crippen molar-refractivity contribution in [1.82, 2.24) is 4.57 Å². The molecule has 0 spiro atoms. The first-order valence-electron chi connectivity index (χ1n) is 9.57. The quantitative estimate of drug-likeness (QED) is 0.546. The summed E-state index contributed by atoms with van der Waals surface area (Å²) in [7, 11) is 0. The predicted molar refractivity (Wildman–Crippen MR) is 113 cm³/mol. The summed E-state index contributed by atoms with van der Waals surface area (Å²) in [6.45, 7) is 6.42. The molecule has 0 fully saturated rings. The number of para-hydroxylation sites is 1. The van der Waals surface area contributed by atoms with Crippen LogP contribution in [0.5, 0.6) is 5.75 Å². The molecule has 152 valence electrons. The van der Waals surface area contributed by atoms with E-state index < -0.39 is 0 Å². The van der Waals surface area contributed by atoms with Crippen molar-refractivity contribution in [2.45, 2.75) is 39.8 Å². The first kappa shape index (κ1) is 20.8. The summed E-state index contributed by atoms with van der Waals surface area (Å²) in [5.41, 5.74) is 1.42. The highest BCUT2D eigenvalue weighted by atomic mass is 32.1. The summed E-state index contributed by atoms with van der Waals surface area (Å²) in [4.78, 5) is 29.4. The summed E-state index contributed by atoms with van der Waals surface area (Å²) in [6, 6.07) is 14.7. The van der Waals surface area contributed by atoms with E-state index in [4.69, 9.17) is 9.47 Å². The smallest absolute Gasteiger partial charge is 0.307 e. The van der Waals surface area contributed by atoms with Crippen molar-refractivity contribution >= 4 is 33.4 Å². The monoisotopic (exact) mass is 412 g/mol. The number of thiazole rings is 1. The van der Waals surface area contributed by atoms with Gasteiger partial charge in [0.15, 0.2) is 4.80 Å². The van der Waals surface area contributed by atoms with Crippen LogP contribution in [0.3, 0.4) is 0 Å². The molecule has 0 N–H and O–H groups in total. The van der Waals surface area contributed by atoms with Gasteiger partial charge in [0.2, 0.25) is 0 Å². The van der Waals surface area contributed by atoms with Gasteiger partial charge in [-0.1, -0.05) is 23.5 Å². The number of aryl methyl sites for hydroxylation is 1. The van der Waals surface area contributed by atoms with Crippen molar-refractivity contribution in [3.63, 3.8) is 0 Å². The molecule has 3 rings (SSSR count). The molecule has 1 amide bonds. The lowest BCUT2D eigenvalue weighted by atomic mass is 10.2. The second kappa shape index (κ2) is 9.52. The topological polar surface area (TPSA) is 69.9 Å². The van der Waals surface area contributed by atoms with Gasteiger partial charge in [0.25, 0.3) is 5.91 Å². The zero-order chi connectivity index (χ0) is 20.8. The lowest BCUT2D eigenvalue weighted by Gasteiger charge is -2.09. The molecular weight excluding hydrogens is 388 g/mol. The maximum Gasteiger partial charge on any atom is 0.307 e. The Kier molecular flexibility index (Phi) is 6.82. The molecule has 0 aliphatic carbocycles. The van der Waals surface area contributed by atoms with Crippen molar-refractivity contribution in [3.8, 4) is 5.75 Å². The minimum Gasteiger partial charge on any atom is -0.491 e. The van der Waals surface area contributed by atoms with Gasteiger partial charge in [0.05, 0.1) is 29.3 Å². The van der Waals surface area contributed by atoms with Crippen molar-refractivity contribution in [2.75, 3.05) is 6.61 Å². The molecule has 1 heterocycles. The highest BCUT2D eigenvalue weighted by Gasteiger charge is 2.11. The zero-order valence-corrected chi connectivity index (χ0v) is 17.6. The van der Waals surface area contributed by atoms with Gasteiger partial charge >= 0.3 is 5.97 Å². The van der Waals surface area contributed by atoms with Gasteiger partial charge in [-0.15, -0.1) is 0 Å². The summed E-state index contributed by atoms with van der Waals surface area (Å²) in [6.07, 6.45) is 0.287. The standard InChI is InChI=1S/C22H24N2O4S/c1-4-27-20(25)13-14-24-18-7-5-6-8-19(18)29-22(24)23-21(26)16-9-11-17(12-10-16)28-15(2)3/h5-12,15H,4,13-14H2,1-3H3. The number of amides is 1. The van der Waals surface area contributed by atoms with Crippen molar-refractivity contribution in [2.24, 2.45) is 4.99 Å². The maximum absolute atomic E-state index is 12.7. The first-order valence-corrected chi connectivity index (χ1v) is 10.4. The van der Waals surface area contributed by atoms with Gasteiger partial charge in [0.1, 0.15) is 5.75 Å². The molecule has 3 aromatic rings. The van der Waals surface area contributed by atoms with E-state index in [2.05, 4.69) is 4.99 Å². The van der Waals surface area contributed by atoms with E-state index in [1.807, 2.05) is 42.7 Å². The molecule has 0 bridgehead atoms. The number of hydrogen-bond acceptors (Lipinski definition) is 5. The van der Waals surface area contributed by atoms with Crippen LogP contribution in [0.15, 0.2) is 53.5 Å². The highest BCUT2D eigenvalue weighted by molar-refractivity contribution is 7.16. The van der Waals surface area contributed by atoms with Crippen molar-refractivity contribution in [1.29, 1.82) is 0 Å². The number of ether oxygens (including phenoxy) is 2. The SMILES string of the molecule is CCOC(=O)CCn1c(=NC(=O)c2ccc(OC(C)C)cc2)sc2ccccc21. The number of carbonyl (C=O) groups is 2. The van der Waals surface area contributed by atoms with Gasteiger partial charge in [-0.25, -0.2) is 0 Å². The lowest BCUT2D eigenvalue weighted by Crippen LogP contribution is -2.19. The van der Waals surface area contributed by atoms with E-state index in [1.165, 1.54) is 11.3 Å². The number of carbonyl (C=O) groups excluding carboxylic acids is 2. The number of aromatic nitrogens is 1. The second-order valence-corrected chi connectivity index (χ2v) is 7.68. The minimum atomic E-state index is -0.336. The zero-order valence-electron chi connectivity index (χ0n) is 16.8. The van der Waals surface area contributed by atoms with E-state index in [9.17, 15) is 9.59 Å². The molecule has 0 aliphatic rings. The Morgan fingerprint density at radius 3 is 2.52 bits per heavy atom. The lowest BCUT2D eigenvalue weighted by molar-refractivity contribution is -0.143. The van der Waals surface area contributed by atoms with Gasteiger partial charge in [-0.3, -0.25) is 9.59 Å². The molecule has 2 aromatic carbocycles. The van der Waals surface area contributed by atoms with Gasteiger partial charge in [-0.2, -0.15) is 4.99 Å². The van der Waals surface area contributed by atoms with Crippen LogP contribution >= 0.6 is 11.3 Å². The number of rotatable bonds is 7. The third-order valence-corrected chi connectivity index (χ3v) is 5.16. The van der Waals surface area contributed by atoms with Gasteiger partial charge in [-0.05, 0) is 57.2 Å². The van der Waals surface area contributed by atoms with Crippen LogP contribution in [0.4, 0.5) is 0 Å². The Balaban J connectivity index is 1.91. The van der Waals surface area contributed by atoms with Crippen LogP contribution < -0.4 is 9.54 Å². The first-order chi connectivity index (χ1) is 14.0. The maximum atomic E-state index is 12.7. The molecule has 1 aromatic heterocycles. The average Bonchev–Trinajstić information content (AvgIpc) is 3.03. The van der Waals surface area contributed by atoms with Crippen molar-refractivity contribution < 1.29 is 19.1 Å². The predicted octanol–water partition coefficient (Wildman–Crippen LogP) is 4.18. The van der Waals surface area contributed by atoms with E-state index in [-0.39, 0.29) is 24.4 Å². The highest BCUT2D eigenvalue weighted by Crippen LogP contribution is 2.18. The number of nitrogens with zero attached hydrogens (tertiary/aromatic N) is 2. The van der Waals surface area contributed by atoms with Crippen LogP contribution in [0.2, 0.25) is 0 Å². The van der Waals surface area contributed by atoms with E-state index >= 15 is 0 Å². The summed E-state index contributed by atoms with van der Waals surface area (Å²) >= 11 is 1.42. The Morgan fingerprint density at radius 2 is 1.83 bits per heavy atom. The largest absolute Gasteiger partial charge is 0.491 e. The van der Waals surface area contributed by atoms with Crippen LogP contribution in [0.1, 0.15) is 37.6 Å². The van der Waals surface area contributed by atoms with E-state index in [1.54, 1.807) is 31.2 Å². The van der Waals surface area contributed by atoms with E-state index in [0.29, 0.717) is 29.3 Å². The molecule has 7 heteroatoms. The normalized spacial score (nSPS) is 11.8. The van der Waals surface area contributed by atoms with E-state index in [0.717, 1.165) is 10.2 Å². The molecule has 0 radical (unpaired) electrons. The minimum absolute atomic E-state index is 0.0677. The van der Waals surface area contributed by atoms with Crippen LogP contribution in [-0.2, 0) is 16.1 Å². The average molecular weight is 413 g/mol. The number of hydrogen-bond donors (Lipinski definition) is 0.